The smallest absolute Gasteiger partial charge is 0.00773 e. The minimum Gasteiger partial charge on any atom is -0.330 e. The van der Waals surface area contributed by atoms with Crippen molar-refractivity contribution >= 4 is 0 Å². The van der Waals surface area contributed by atoms with E-state index in [9.17, 15) is 0 Å². The van der Waals surface area contributed by atoms with Crippen LogP contribution in [0.5, 0.6) is 0 Å². The summed E-state index contributed by atoms with van der Waals surface area (Å²) in [6.45, 7) is 9.28. The number of rotatable bonds is 3. The minimum absolute atomic E-state index is 0.855. The van der Waals surface area contributed by atoms with Gasteiger partial charge in [-0.3, -0.25) is 0 Å². The van der Waals surface area contributed by atoms with Crippen molar-refractivity contribution in [1.29, 1.82) is 0 Å². The van der Waals surface area contributed by atoms with Crippen LogP contribution >= 0.6 is 0 Å². The van der Waals surface area contributed by atoms with Crippen molar-refractivity contribution in [3.63, 3.8) is 0 Å². The molecule has 0 aromatic rings. The normalized spacial score (nSPS) is 6.89. The van der Waals surface area contributed by atoms with Gasteiger partial charge in [-0.25, -0.2) is 0 Å². The molecule has 0 aliphatic heterocycles. The van der Waals surface area contributed by atoms with E-state index in [0.29, 0.717) is 0 Å². The third kappa shape index (κ3) is 36.5. The summed E-state index contributed by atoms with van der Waals surface area (Å²) in [5.74, 6) is 0. The van der Waals surface area contributed by atoms with Crippen LogP contribution in [0.2, 0.25) is 0 Å². The van der Waals surface area contributed by atoms with E-state index in [2.05, 4.69) is 25.8 Å². The van der Waals surface area contributed by atoms with E-state index >= 15 is 0 Å². The summed E-state index contributed by atoms with van der Waals surface area (Å²) in [5.41, 5.74) is 7.46. The van der Waals surface area contributed by atoms with Gasteiger partial charge in [0, 0.05) is 0 Å². The number of nitrogens with two attached hydrogens (primary N) is 1. The topological polar surface area (TPSA) is 26.0 Å². The molecule has 0 atom stereocenters. The Morgan fingerprint density at radius 3 is 1.89 bits per heavy atom. The number of hydrogen-bond donors (Lipinski definition) is 1. The lowest BCUT2D eigenvalue weighted by molar-refractivity contribution is 0.727. The van der Waals surface area contributed by atoms with Gasteiger partial charge in [-0.1, -0.05) is 32.9 Å². The third-order valence-electron chi connectivity index (χ3n) is 0.808. The largest absolute Gasteiger partial charge is 0.330 e. The van der Waals surface area contributed by atoms with Gasteiger partial charge < -0.3 is 5.73 Å². The molecule has 0 fully saturated rings. The van der Waals surface area contributed by atoms with E-state index in [1.807, 2.05) is 0 Å². The van der Waals surface area contributed by atoms with E-state index in [1.165, 1.54) is 19.3 Å². The second-order valence-electron chi connectivity index (χ2n) is 1.75. The Bertz CT molecular complexity index is 57.0. The molecule has 0 unspecified atom stereocenters. The van der Waals surface area contributed by atoms with Crippen molar-refractivity contribution < 1.29 is 0 Å². The highest BCUT2D eigenvalue weighted by Crippen LogP contribution is 1.88. The Labute approximate surface area is 58.3 Å². The zero-order chi connectivity index (χ0) is 7.54. The predicted octanol–water partition coefficient (Wildman–Crippen LogP) is 2.09. The van der Waals surface area contributed by atoms with Crippen molar-refractivity contribution in [3.8, 4) is 0 Å². The van der Waals surface area contributed by atoms with E-state index in [-0.39, 0.29) is 0 Å². The lowest BCUT2D eigenvalue weighted by Crippen LogP contribution is -1.96. The van der Waals surface area contributed by atoms with Crippen LogP contribution in [0, 0.1) is 0 Å². The van der Waals surface area contributed by atoms with Crippen LogP contribution < -0.4 is 5.73 Å². The maximum Gasteiger partial charge on any atom is -0.00773 e. The van der Waals surface area contributed by atoms with Gasteiger partial charge >= 0.3 is 0 Å². The first-order valence-corrected chi connectivity index (χ1v) is 3.32. The zero-order valence-corrected chi connectivity index (χ0v) is 6.32. The van der Waals surface area contributed by atoms with Crippen molar-refractivity contribution in [1.82, 2.24) is 0 Å². The van der Waals surface area contributed by atoms with Crippen molar-refractivity contribution in [2.24, 2.45) is 5.73 Å². The SMILES string of the molecule is C=C=C.CCCCCN. The average Bonchev–Trinajstić information content (AvgIpc) is 1.86. The van der Waals surface area contributed by atoms with Crippen LogP contribution in [0.1, 0.15) is 26.2 Å². The molecule has 9 heavy (non-hydrogen) atoms. The summed E-state index contributed by atoms with van der Waals surface area (Å²) in [5, 5.41) is 0. The van der Waals surface area contributed by atoms with Gasteiger partial charge in [-0.15, -0.1) is 5.73 Å². The Hall–Kier alpha value is -0.520. The number of unbranched alkanes of at least 4 members (excludes halogenated alkanes) is 2. The number of hydrogen-bond acceptors (Lipinski definition) is 1. The summed E-state index contributed by atoms with van der Waals surface area (Å²) in [4.78, 5) is 0. The predicted molar refractivity (Wildman–Crippen MR) is 43.3 cm³/mol. The van der Waals surface area contributed by atoms with Gasteiger partial charge in [-0.2, -0.15) is 0 Å². The molecule has 2 N–H and O–H groups in total. The fourth-order valence-electron chi connectivity index (χ4n) is 0.394. The third-order valence-corrected chi connectivity index (χ3v) is 0.808. The molecule has 0 aromatic heterocycles. The van der Waals surface area contributed by atoms with Crippen LogP contribution in [-0.2, 0) is 0 Å². The Kier molecular flexibility index (Phi) is 19.6. The van der Waals surface area contributed by atoms with Crippen LogP contribution in [0.4, 0.5) is 0 Å². The van der Waals surface area contributed by atoms with Crippen molar-refractivity contribution in [2.45, 2.75) is 26.2 Å². The van der Waals surface area contributed by atoms with Gasteiger partial charge in [0.15, 0.2) is 0 Å². The average molecular weight is 127 g/mol. The molecule has 0 saturated carbocycles. The Morgan fingerprint density at radius 1 is 1.33 bits per heavy atom. The Morgan fingerprint density at radius 2 is 1.78 bits per heavy atom. The molecule has 0 aliphatic carbocycles. The molecule has 0 bridgehead atoms. The van der Waals surface area contributed by atoms with E-state index in [4.69, 9.17) is 5.73 Å². The Balaban J connectivity index is 0. The quantitative estimate of drug-likeness (QED) is 0.456. The molecular formula is C8H17N. The maximum absolute atomic E-state index is 5.21. The van der Waals surface area contributed by atoms with Crippen molar-refractivity contribution in [3.05, 3.63) is 18.9 Å². The summed E-state index contributed by atoms with van der Waals surface area (Å²) in [6, 6.07) is 0. The van der Waals surface area contributed by atoms with Gasteiger partial charge in [0.05, 0.1) is 0 Å². The van der Waals surface area contributed by atoms with E-state index < -0.39 is 0 Å². The lowest BCUT2D eigenvalue weighted by Gasteiger charge is -1.86. The van der Waals surface area contributed by atoms with Gasteiger partial charge in [0.25, 0.3) is 0 Å². The molecule has 0 aromatic carbocycles. The molecule has 0 amide bonds. The maximum atomic E-state index is 5.21. The molecule has 54 valence electrons. The molecule has 0 rings (SSSR count). The fraction of sp³-hybridized carbons (Fsp3) is 0.625. The molecule has 1 heteroatoms. The first-order valence-electron chi connectivity index (χ1n) is 3.32. The minimum atomic E-state index is 0.855. The van der Waals surface area contributed by atoms with Gasteiger partial charge in [0.1, 0.15) is 0 Å². The second kappa shape index (κ2) is 15.6. The monoisotopic (exact) mass is 127 g/mol. The van der Waals surface area contributed by atoms with Crippen LogP contribution in [-0.4, -0.2) is 6.54 Å². The highest BCUT2D eigenvalue weighted by atomic mass is 14.5. The highest BCUT2D eigenvalue weighted by molar-refractivity contribution is 4.51. The van der Waals surface area contributed by atoms with E-state index in [1.54, 1.807) is 0 Å². The van der Waals surface area contributed by atoms with Gasteiger partial charge in [-0.05, 0) is 13.0 Å². The summed E-state index contributed by atoms with van der Waals surface area (Å²) in [6.07, 6.45) is 3.75. The molecule has 0 spiro atoms. The summed E-state index contributed by atoms with van der Waals surface area (Å²) < 4.78 is 0. The fourth-order valence-corrected chi connectivity index (χ4v) is 0.394. The molecule has 0 aliphatic rings. The first kappa shape index (κ1) is 11.3. The summed E-state index contributed by atoms with van der Waals surface area (Å²) >= 11 is 0. The van der Waals surface area contributed by atoms with Gasteiger partial charge in [0.2, 0.25) is 0 Å². The standard InChI is InChI=1S/C5H13N.C3H4/c1-2-3-4-5-6;1-3-2/h2-6H2,1H3;1-2H2. The second-order valence-corrected chi connectivity index (χ2v) is 1.75. The molecular weight excluding hydrogens is 110 g/mol. The summed E-state index contributed by atoms with van der Waals surface area (Å²) in [7, 11) is 0. The molecule has 0 saturated heterocycles. The van der Waals surface area contributed by atoms with Crippen LogP contribution in [0.3, 0.4) is 0 Å². The lowest BCUT2D eigenvalue weighted by atomic mass is 10.3. The first-order chi connectivity index (χ1) is 4.33. The zero-order valence-electron chi connectivity index (χ0n) is 6.32. The molecule has 0 radical (unpaired) electrons. The van der Waals surface area contributed by atoms with Crippen molar-refractivity contribution in [2.75, 3.05) is 6.54 Å². The van der Waals surface area contributed by atoms with Crippen LogP contribution in [0.25, 0.3) is 0 Å². The molecule has 0 heterocycles. The highest BCUT2D eigenvalue weighted by Gasteiger charge is 1.75. The van der Waals surface area contributed by atoms with Crippen LogP contribution in [0.15, 0.2) is 18.9 Å². The molecule has 1 nitrogen and oxygen atoms in total. The van der Waals surface area contributed by atoms with E-state index in [0.717, 1.165) is 6.54 Å².